The second-order valence-corrected chi connectivity index (χ2v) is 9.14. The Morgan fingerprint density at radius 1 is 0.947 bits per heavy atom. The van der Waals surface area contributed by atoms with Gasteiger partial charge in [0.05, 0.1) is 17.6 Å². The first-order chi connectivity index (χ1) is 18.3. The van der Waals surface area contributed by atoms with Crippen molar-refractivity contribution in [1.29, 1.82) is 0 Å². The average molecular weight is 535 g/mol. The van der Waals surface area contributed by atoms with E-state index in [1.165, 1.54) is 46.6 Å². The predicted molar refractivity (Wildman–Crippen MR) is 140 cm³/mol. The normalized spacial score (nSPS) is 12.4. The summed E-state index contributed by atoms with van der Waals surface area (Å²) in [6.45, 7) is 4.10. The van der Waals surface area contributed by atoms with Crippen LogP contribution in [-0.4, -0.2) is 31.9 Å². The van der Waals surface area contributed by atoms with Gasteiger partial charge in [-0.05, 0) is 55.3 Å². The van der Waals surface area contributed by atoms with Crippen LogP contribution in [0.25, 0.3) is 22.8 Å². The van der Waals surface area contributed by atoms with E-state index < -0.39 is 6.36 Å². The number of ether oxygens (including phenoxy) is 1. The molecule has 0 saturated carbocycles. The quantitative estimate of drug-likeness (QED) is 0.191. The highest BCUT2D eigenvalue weighted by Gasteiger charge is 2.31. The van der Waals surface area contributed by atoms with E-state index in [1.807, 2.05) is 48.7 Å². The molecule has 11 heteroatoms. The van der Waals surface area contributed by atoms with E-state index in [1.54, 1.807) is 6.21 Å². The molecule has 5 rings (SSSR count). The summed E-state index contributed by atoms with van der Waals surface area (Å²) in [6.07, 6.45) is -1.56. The molecule has 0 amide bonds. The Balaban J connectivity index is 1.30. The van der Waals surface area contributed by atoms with Gasteiger partial charge in [0, 0.05) is 16.6 Å². The molecule has 0 radical (unpaired) electrons. The number of aromatic nitrogens is 4. The zero-order valence-corrected chi connectivity index (χ0v) is 21.1. The van der Waals surface area contributed by atoms with Crippen molar-refractivity contribution in [1.82, 2.24) is 19.3 Å². The van der Waals surface area contributed by atoms with E-state index in [4.69, 9.17) is 0 Å². The van der Waals surface area contributed by atoms with Crippen LogP contribution in [0.4, 0.5) is 13.2 Å². The van der Waals surface area contributed by atoms with E-state index in [2.05, 4.69) is 48.6 Å². The number of para-hydroxylation sites is 1. The number of hydrogen-bond donors (Lipinski definition) is 0. The number of benzene rings is 3. The molecule has 38 heavy (non-hydrogen) atoms. The smallest absolute Gasteiger partial charge is 0.406 e. The van der Waals surface area contributed by atoms with Gasteiger partial charge in [-0.1, -0.05) is 42.5 Å². The molecule has 0 bridgehead atoms. The SMILES string of the molecule is Cc1ccccc1-n1c(C)csc1=NN=Cc1ccc(-c2ncn(-c3ccc(OC(F)(F)F)cc3)n2)cc1. The minimum Gasteiger partial charge on any atom is -0.406 e. The van der Waals surface area contributed by atoms with Gasteiger partial charge in [0.2, 0.25) is 4.80 Å². The van der Waals surface area contributed by atoms with Crippen molar-refractivity contribution in [2.45, 2.75) is 20.2 Å². The molecule has 0 aliphatic rings. The van der Waals surface area contributed by atoms with Crippen molar-refractivity contribution in [2.75, 3.05) is 0 Å². The molecule has 0 unspecified atom stereocenters. The van der Waals surface area contributed by atoms with Gasteiger partial charge in [-0.3, -0.25) is 4.57 Å². The molecule has 7 nitrogen and oxygen atoms in total. The lowest BCUT2D eigenvalue weighted by molar-refractivity contribution is -0.274. The fraction of sp³-hybridized carbons (Fsp3) is 0.111. The minimum atomic E-state index is -4.74. The highest BCUT2D eigenvalue weighted by atomic mass is 32.1. The third-order valence-electron chi connectivity index (χ3n) is 5.58. The number of rotatable bonds is 6. The molecule has 0 N–H and O–H groups in total. The van der Waals surface area contributed by atoms with Crippen molar-refractivity contribution in [3.05, 3.63) is 106 Å². The maximum Gasteiger partial charge on any atom is 0.573 e. The number of halogens is 3. The van der Waals surface area contributed by atoms with Crippen LogP contribution in [0, 0.1) is 13.8 Å². The van der Waals surface area contributed by atoms with Crippen LogP contribution in [0.3, 0.4) is 0 Å². The summed E-state index contributed by atoms with van der Waals surface area (Å²) in [4.78, 5) is 5.09. The largest absolute Gasteiger partial charge is 0.573 e. The number of thiazole rings is 1. The van der Waals surface area contributed by atoms with Crippen molar-refractivity contribution in [3.8, 4) is 28.5 Å². The Kier molecular flexibility index (Phi) is 6.93. The third kappa shape index (κ3) is 5.73. The zero-order valence-electron chi connectivity index (χ0n) is 20.3. The van der Waals surface area contributed by atoms with Crippen LogP contribution >= 0.6 is 11.3 Å². The molecule has 2 aromatic heterocycles. The number of alkyl halides is 3. The van der Waals surface area contributed by atoms with Crippen LogP contribution in [0.15, 0.2) is 94.7 Å². The Morgan fingerprint density at radius 2 is 1.68 bits per heavy atom. The number of nitrogens with zero attached hydrogens (tertiary/aromatic N) is 6. The molecule has 0 fully saturated rings. The van der Waals surface area contributed by atoms with Crippen LogP contribution in [0.1, 0.15) is 16.8 Å². The summed E-state index contributed by atoms with van der Waals surface area (Å²) in [6, 6.07) is 21.0. The lowest BCUT2D eigenvalue weighted by Gasteiger charge is -2.09. The van der Waals surface area contributed by atoms with Gasteiger partial charge in [-0.25, -0.2) is 9.67 Å². The van der Waals surface area contributed by atoms with Gasteiger partial charge in [0.1, 0.15) is 12.1 Å². The summed E-state index contributed by atoms with van der Waals surface area (Å²) in [5.74, 6) is 0.173. The van der Waals surface area contributed by atoms with Crippen molar-refractivity contribution in [3.63, 3.8) is 0 Å². The molecular formula is C27H21F3N6OS. The van der Waals surface area contributed by atoms with Crippen LogP contribution in [0.2, 0.25) is 0 Å². The second kappa shape index (κ2) is 10.5. The molecule has 3 aromatic carbocycles. The Morgan fingerprint density at radius 3 is 2.39 bits per heavy atom. The van der Waals surface area contributed by atoms with E-state index in [-0.39, 0.29) is 5.75 Å². The van der Waals surface area contributed by atoms with Gasteiger partial charge < -0.3 is 4.74 Å². The second-order valence-electron chi connectivity index (χ2n) is 8.30. The van der Waals surface area contributed by atoms with Gasteiger partial charge in [-0.15, -0.1) is 34.7 Å². The summed E-state index contributed by atoms with van der Waals surface area (Å²) < 4.78 is 44.5. The predicted octanol–water partition coefficient (Wildman–Crippen LogP) is 6.24. The van der Waals surface area contributed by atoms with Crippen molar-refractivity contribution < 1.29 is 17.9 Å². The van der Waals surface area contributed by atoms with E-state index in [9.17, 15) is 13.2 Å². The van der Waals surface area contributed by atoms with E-state index in [0.717, 1.165) is 32.9 Å². The molecule has 0 spiro atoms. The van der Waals surface area contributed by atoms with Gasteiger partial charge in [0.25, 0.3) is 0 Å². The van der Waals surface area contributed by atoms with E-state index >= 15 is 0 Å². The average Bonchev–Trinajstić information content (AvgIpc) is 3.52. The first kappa shape index (κ1) is 25.2. The first-order valence-electron chi connectivity index (χ1n) is 11.5. The standard InChI is InChI=1S/C27H21F3N6OS/c1-18-5-3-4-6-24(18)36-19(2)16-38-26(36)33-32-15-20-7-9-21(10-8-20)25-31-17-35(34-25)22-11-13-23(14-12-22)37-27(28,29)30/h3-17H,1-2H3. The topological polar surface area (TPSA) is 69.6 Å². The maximum atomic E-state index is 12.4. The molecule has 0 saturated heterocycles. The lowest BCUT2D eigenvalue weighted by atomic mass is 10.1. The Bertz CT molecular complexity index is 1650. The Hall–Kier alpha value is -4.51. The Labute approximate surface area is 219 Å². The number of hydrogen-bond acceptors (Lipinski definition) is 6. The number of aryl methyl sites for hydroxylation is 2. The molecule has 0 aliphatic carbocycles. The van der Waals surface area contributed by atoms with Gasteiger partial charge in [0.15, 0.2) is 5.82 Å². The fourth-order valence-electron chi connectivity index (χ4n) is 3.75. The molecule has 192 valence electrons. The van der Waals surface area contributed by atoms with E-state index in [0.29, 0.717) is 11.5 Å². The molecule has 0 aliphatic heterocycles. The minimum absolute atomic E-state index is 0.301. The summed E-state index contributed by atoms with van der Waals surface area (Å²) in [5, 5.41) is 15.2. The zero-order chi connectivity index (χ0) is 26.7. The van der Waals surface area contributed by atoms with Crippen LogP contribution in [0.5, 0.6) is 5.75 Å². The molecular weight excluding hydrogens is 513 g/mol. The monoisotopic (exact) mass is 534 g/mol. The summed E-state index contributed by atoms with van der Waals surface area (Å²) in [5.41, 5.74) is 5.49. The lowest BCUT2D eigenvalue weighted by Crippen LogP contribution is -2.17. The van der Waals surface area contributed by atoms with Crippen molar-refractivity contribution in [2.24, 2.45) is 10.2 Å². The van der Waals surface area contributed by atoms with Gasteiger partial charge >= 0.3 is 6.36 Å². The molecule has 2 heterocycles. The summed E-state index contributed by atoms with van der Waals surface area (Å²) in [7, 11) is 0. The highest BCUT2D eigenvalue weighted by molar-refractivity contribution is 7.07. The van der Waals surface area contributed by atoms with Crippen LogP contribution in [-0.2, 0) is 0 Å². The first-order valence-corrected chi connectivity index (χ1v) is 12.3. The maximum absolute atomic E-state index is 12.4. The fourth-order valence-corrected chi connectivity index (χ4v) is 4.58. The third-order valence-corrected chi connectivity index (χ3v) is 6.51. The highest BCUT2D eigenvalue weighted by Crippen LogP contribution is 2.24. The summed E-state index contributed by atoms with van der Waals surface area (Å²) >= 11 is 1.52. The molecule has 5 aromatic rings. The van der Waals surface area contributed by atoms with Gasteiger partial charge in [-0.2, -0.15) is 5.10 Å². The van der Waals surface area contributed by atoms with Crippen LogP contribution < -0.4 is 9.54 Å². The molecule has 0 atom stereocenters. The van der Waals surface area contributed by atoms with Crippen molar-refractivity contribution >= 4 is 17.6 Å².